The van der Waals surface area contributed by atoms with Crippen LogP contribution in [0.15, 0.2) is 35.1 Å². The molecule has 0 unspecified atom stereocenters. The number of hydrogen-bond acceptors (Lipinski definition) is 3. The average molecular weight is 338 g/mol. The highest BCUT2D eigenvalue weighted by Gasteiger charge is 2.19. The number of aryl methyl sites for hydroxylation is 1. The summed E-state index contributed by atoms with van der Waals surface area (Å²) in [6, 6.07) is 6.89. The maximum Gasteiger partial charge on any atom is 0.248 e. The quantitative estimate of drug-likeness (QED) is 0.752. The number of rotatable bonds is 2. The molecule has 0 spiro atoms. The molecule has 2 heterocycles. The van der Waals surface area contributed by atoms with E-state index in [-0.39, 0.29) is 29.0 Å². The number of nitrogens with two attached hydrogens (primary N) is 1. The summed E-state index contributed by atoms with van der Waals surface area (Å²) in [5.74, 6) is -1.70. The van der Waals surface area contributed by atoms with Gasteiger partial charge in [0.2, 0.25) is 5.56 Å². The Morgan fingerprint density at radius 2 is 1.96 bits per heavy atom. The van der Waals surface area contributed by atoms with E-state index in [2.05, 4.69) is 9.97 Å². The van der Waals surface area contributed by atoms with E-state index in [9.17, 15) is 13.6 Å². The number of aromatic amines is 1. The summed E-state index contributed by atoms with van der Waals surface area (Å²) in [4.78, 5) is 18.3. The number of nitrogens with one attached hydrogen (secondary N) is 1. The number of pyridine rings is 2. The molecule has 0 aliphatic rings. The number of nitrogens with zero attached hydrogens (tertiary/aromatic N) is 1. The van der Waals surface area contributed by atoms with Gasteiger partial charge in [0.05, 0.1) is 11.2 Å². The topological polar surface area (TPSA) is 71.8 Å². The lowest BCUT2D eigenvalue weighted by Gasteiger charge is -2.12. The van der Waals surface area contributed by atoms with E-state index in [0.717, 1.165) is 6.07 Å². The largest absolute Gasteiger partial charge is 0.384 e. The van der Waals surface area contributed by atoms with Crippen LogP contribution in [0.4, 0.5) is 14.6 Å². The van der Waals surface area contributed by atoms with Gasteiger partial charge in [-0.2, -0.15) is 0 Å². The highest BCUT2D eigenvalue weighted by molar-refractivity contribution is 5.94. The van der Waals surface area contributed by atoms with Crippen LogP contribution in [0.1, 0.15) is 12.6 Å². The van der Waals surface area contributed by atoms with Crippen LogP contribution in [0.5, 0.6) is 0 Å². The highest BCUT2D eigenvalue weighted by Crippen LogP contribution is 2.33. The third-order valence-electron chi connectivity index (χ3n) is 3.51. The van der Waals surface area contributed by atoms with Crippen LogP contribution in [-0.4, -0.2) is 9.97 Å². The third kappa shape index (κ3) is 2.90. The van der Waals surface area contributed by atoms with E-state index in [0.29, 0.717) is 28.9 Å². The van der Waals surface area contributed by atoms with Crippen LogP contribution < -0.4 is 11.3 Å². The second kappa shape index (κ2) is 6.34. The van der Waals surface area contributed by atoms with Crippen LogP contribution in [0, 0.1) is 11.6 Å². The van der Waals surface area contributed by atoms with Crippen molar-refractivity contribution in [2.45, 2.75) is 13.3 Å². The van der Waals surface area contributed by atoms with Crippen molar-refractivity contribution >= 4 is 29.1 Å². The molecule has 0 aliphatic heterocycles. The number of benzene rings is 1. The molecule has 0 amide bonds. The van der Waals surface area contributed by atoms with Gasteiger partial charge in [0.15, 0.2) is 11.6 Å². The van der Waals surface area contributed by atoms with Crippen LogP contribution >= 0.6 is 12.4 Å². The summed E-state index contributed by atoms with van der Waals surface area (Å²) in [6.45, 7) is 1.84. The summed E-state index contributed by atoms with van der Waals surface area (Å²) < 4.78 is 28.3. The minimum Gasteiger partial charge on any atom is -0.384 e. The fraction of sp³-hybridized carbons (Fsp3) is 0.125. The van der Waals surface area contributed by atoms with Gasteiger partial charge in [0.25, 0.3) is 0 Å². The Bertz CT molecular complexity index is 940. The average Bonchev–Trinajstić information content (AvgIpc) is 2.50. The molecule has 3 N–H and O–H groups in total. The molecule has 3 rings (SSSR count). The van der Waals surface area contributed by atoms with Crippen molar-refractivity contribution < 1.29 is 8.78 Å². The highest BCUT2D eigenvalue weighted by atomic mass is 35.5. The molecule has 0 saturated carbocycles. The predicted molar refractivity (Wildman–Crippen MR) is 88.8 cm³/mol. The van der Waals surface area contributed by atoms with Crippen LogP contribution in [0.25, 0.3) is 22.0 Å². The van der Waals surface area contributed by atoms with Gasteiger partial charge in [-0.15, -0.1) is 12.4 Å². The second-order valence-corrected chi connectivity index (χ2v) is 4.92. The van der Waals surface area contributed by atoms with Crippen molar-refractivity contribution in [3.63, 3.8) is 0 Å². The SMILES string of the molecule is CCc1nc(N)ccc1-c1c(F)c(F)cc2ccc(=O)[nH]c12.Cl. The molecule has 0 fully saturated rings. The predicted octanol–water partition coefficient (Wildman–Crippen LogP) is 3.43. The van der Waals surface area contributed by atoms with E-state index in [4.69, 9.17) is 5.73 Å². The molecule has 0 bridgehead atoms. The first-order chi connectivity index (χ1) is 10.5. The molecule has 0 aliphatic carbocycles. The number of fused-ring (bicyclic) bond motifs is 1. The number of aromatic nitrogens is 2. The first-order valence-corrected chi connectivity index (χ1v) is 6.78. The molecule has 1 aromatic carbocycles. The van der Waals surface area contributed by atoms with Crippen LogP contribution in [0.2, 0.25) is 0 Å². The van der Waals surface area contributed by atoms with E-state index < -0.39 is 11.6 Å². The maximum absolute atomic E-state index is 14.4. The van der Waals surface area contributed by atoms with Crippen molar-refractivity contribution in [1.29, 1.82) is 0 Å². The lowest BCUT2D eigenvalue weighted by atomic mass is 9.98. The summed E-state index contributed by atoms with van der Waals surface area (Å²) >= 11 is 0. The zero-order chi connectivity index (χ0) is 15.9. The summed E-state index contributed by atoms with van der Waals surface area (Å²) in [6.07, 6.45) is 0.495. The standard InChI is InChI=1S/C16H13F2N3O.ClH/c1-2-11-9(4-5-12(19)20-11)14-15(18)10(17)7-8-3-6-13(22)21-16(8)14;/h3-7H,2H2,1H3,(H2,19,20)(H,21,22);1H. The Kier molecular flexibility index (Phi) is 4.65. The van der Waals surface area contributed by atoms with Crippen molar-refractivity contribution in [3.05, 3.63) is 58.0 Å². The van der Waals surface area contributed by atoms with Gasteiger partial charge in [-0.05, 0) is 30.7 Å². The fourth-order valence-electron chi connectivity index (χ4n) is 2.51. The van der Waals surface area contributed by atoms with Gasteiger partial charge in [-0.25, -0.2) is 13.8 Å². The van der Waals surface area contributed by atoms with E-state index in [1.165, 1.54) is 18.2 Å². The van der Waals surface area contributed by atoms with E-state index in [1.807, 2.05) is 6.92 Å². The van der Waals surface area contributed by atoms with Gasteiger partial charge in [-0.3, -0.25) is 4.79 Å². The van der Waals surface area contributed by atoms with Crippen molar-refractivity contribution in [2.24, 2.45) is 0 Å². The van der Waals surface area contributed by atoms with Crippen molar-refractivity contribution in [3.8, 4) is 11.1 Å². The zero-order valence-corrected chi connectivity index (χ0v) is 13.0. The number of anilines is 1. The van der Waals surface area contributed by atoms with Gasteiger partial charge in [0, 0.05) is 22.6 Å². The Hall–Kier alpha value is -2.47. The third-order valence-corrected chi connectivity index (χ3v) is 3.51. The van der Waals surface area contributed by atoms with E-state index in [1.54, 1.807) is 6.07 Å². The maximum atomic E-state index is 14.4. The van der Waals surface area contributed by atoms with Crippen molar-refractivity contribution in [2.75, 3.05) is 5.73 Å². The van der Waals surface area contributed by atoms with Crippen LogP contribution in [-0.2, 0) is 6.42 Å². The first-order valence-electron chi connectivity index (χ1n) is 6.78. The summed E-state index contributed by atoms with van der Waals surface area (Å²) in [5, 5.41) is 0.410. The molecule has 0 saturated heterocycles. The molecule has 120 valence electrons. The minimum atomic E-state index is -1.02. The number of nitrogen functional groups attached to an aromatic ring is 1. The lowest BCUT2D eigenvalue weighted by molar-refractivity contribution is 0.513. The zero-order valence-electron chi connectivity index (χ0n) is 12.2. The molecule has 0 radical (unpaired) electrons. The normalized spacial score (nSPS) is 10.6. The molecular formula is C16H14ClF2N3O. The first kappa shape index (κ1) is 16.9. The number of hydrogen-bond donors (Lipinski definition) is 2. The van der Waals surface area contributed by atoms with Crippen LogP contribution in [0.3, 0.4) is 0 Å². The molecule has 7 heteroatoms. The van der Waals surface area contributed by atoms with E-state index >= 15 is 0 Å². The monoisotopic (exact) mass is 337 g/mol. The van der Waals surface area contributed by atoms with Gasteiger partial charge < -0.3 is 10.7 Å². The fourth-order valence-corrected chi connectivity index (χ4v) is 2.51. The Labute approximate surface area is 136 Å². The Balaban J connectivity index is 0.00000192. The summed E-state index contributed by atoms with van der Waals surface area (Å²) in [7, 11) is 0. The lowest BCUT2D eigenvalue weighted by Crippen LogP contribution is -2.06. The number of halogens is 3. The molecule has 0 atom stereocenters. The minimum absolute atomic E-state index is 0. The van der Waals surface area contributed by atoms with Crippen molar-refractivity contribution in [1.82, 2.24) is 9.97 Å². The Morgan fingerprint density at radius 3 is 2.65 bits per heavy atom. The number of H-pyrrole nitrogens is 1. The molecule has 23 heavy (non-hydrogen) atoms. The summed E-state index contributed by atoms with van der Waals surface area (Å²) in [5.41, 5.74) is 6.46. The Morgan fingerprint density at radius 1 is 1.22 bits per heavy atom. The molecular weight excluding hydrogens is 324 g/mol. The van der Waals surface area contributed by atoms with Gasteiger partial charge in [-0.1, -0.05) is 6.92 Å². The second-order valence-electron chi connectivity index (χ2n) is 4.92. The molecule has 2 aromatic heterocycles. The van der Waals surface area contributed by atoms with Gasteiger partial charge in [0.1, 0.15) is 5.82 Å². The molecule has 3 aromatic rings. The smallest absolute Gasteiger partial charge is 0.248 e. The molecule has 4 nitrogen and oxygen atoms in total. The van der Waals surface area contributed by atoms with Gasteiger partial charge >= 0.3 is 0 Å².